The highest BCUT2D eigenvalue weighted by molar-refractivity contribution is 5.97. The molecule has 0 aliphatic heterocycles. The van der Waals surface area contributed by atoms with Crippen molar-refractivity contribution in [2.45, 2.75) is 0 Å². The standard InChI is InChI=1S/C14H8F4O3/c1-21-7-5-3-2-4-6(7)8-9(14(19)20)11(16)13(18)12(17)10(8)15/h2-5H,1H3,(H,19,20). The average molecular weight is 300 g/mol. The van der Waals surface area contributed by atoms with Gasteiger partial charge in [-0.2, -0.15) is 0 Å². The van der Waals surface area contributed by atoms with E-state index in [9.17, 15) is 22.4 Å². The van der Waals surface area contributed by atoms with Crippen LogP contribution in [0.25, 0.3) is 11.1 Å². The first-order valence-corrected chi connectivity index (χ1v) is 5.62. The molecule has 0 spiro atoms. The van der Waals surface area contributed by atoms with E-state index in [1.54, 1.807) is 0 Å². The molecule has 2 aromatic rings. The van der Waals surface area contributed by atoms with Gasteiger partial charge in [-0.15, -0.1) is 0 Å². The van der Waals surface area contributed by atoms with Crippen LogP contribution in [0.1, 0.15) is 10.4 Å². The molecule has 3 nitrogen and oxygen atoms in total. The van der Waals surface area contributed by atoms with Gasteiger partial charge < -0.3 is 9.84 Å². The van der Waals surface area contributed by atoms with E-state index in [0.29, 0.717) is 0 Å². The highest BCUT2D eigenvalue weighted by Gasteiger charge is 2.30. The molecule has 0 amide bonds. The Morgan fingerprint density at radius 2 is 1.57 bits per heavy atom. The van der Waals surface area contributed by atoms with Crippen molar-refractivity contribution in [2.24, 2.45) is 0 Å². The van der Waals surface area contributed by atoms with Crippen LogP contribution in [0, 0.1) is 23.3 Å². The van der Waals surface area contributed by atoms with Gasteiger partial charge in [0, 0.05) is 11.1 Å². The Kier molecular flexibility index (Phi) is 3.84. The highest BCUT2D eigenvalue weighted by atomic mass is 19.2. The summed E-state index contributed by atoms with van der Waals surface area (Å²) in [6.45, 7) is 0. The van der Waals surface area contributed by atoms with Crippen LogP contribution in [0.15, 0.2) is 24.3 Å². The maximum absolute atomic E-state index is 14.0. The summed E-state index contributed by atoms with van der Waals surface area (Å²) < 4.78 is 59.1. The molecule has 2 rings (SSSR count). The molecule has 1 N–H and O–H groups in total. The molecule has 0 aliphatic carbocycles. The molecular formula is C14H8F4O3. The fraction of sp³-hybridized carbons (Fsp3) is 0.0714. The van der Waals surface area contributed by atoms with Crippen LogP contribution in [-0.2, 0) is 0 Å². The van der Waals surface area contributed by atoms with Crippen LogP contribution in [0.4, 0.5) is 17.6 Å². The number of benzene rings is 2. The molecule has 0 bridgehead atoms. The van der Waals surface area contributed by atoms with E-state index in [-0.39, 0.29) is 11.3 Å². The SMILES string of the molecule is COc1ccccc1-c1c(F)c(F)c(F)c(F)c1C(=O)O. The summed E-state index contributed by atoms with van der Waals surface area (Å²) in [5.41, 5.74) is -2.40. The van der Waals surface area contributed by atoms with E-state index in [4.69, 9.17) is 9.84 Å². The third-order valence-electron chi connectivity index (χ3n) is 2.86. The maximum Gasteiger partial charge on any atom is 0.339 e. The van der Waals surface area contributed by atoms with Crippen molar-refractivity contribution < 1.29 is 32.2 Å². The maximum atomic E-state index is 14.0. The van der Waals surface area contributed by atoms with E-state index in [2.05, 4.69) is 0 Å². The van der Waals surface area contributed by atoms with Gasteiger partial charge in [0.25, 0.3) is 0 Å². The van der Waals surface area contributed by atoms with Gasteiger partial charge in [-0.1, -0.05) is 18.2 Å². The van der Waals surface area contributed by atoms with Crippen molar-refractivity contribution in [2.75, 3.05) is 7.11 Å². The normalized spacial score (nSPS) is 10.5. The smallest absolute Gasteiger partial charge is 0.339 e. The third kappa shape index (κ3) is 2.31. The molecule has 0 saturated carbocycles. The molecule has 0 aromatic heterocycles. The number of halogens is 4. The minimum atomic E-state index is -2.18. The summed E-state index contributed by atoms with van der Waals surface area (Å²) in [4.78, 5) is 11.1. The lowest BCUT2D eigenvalue weighted by molar-refractivity contribution is 0.0690. The Morgan fingerprint density at radius 1 is 1.00 bits per heavy atom. The summed E-state index contributed by atoms with van der Waals surface area (Å²) in [6.07, 6.45) is 0. The number of para-hydroxylation sites is 1. The zero-order valence-corrected chi connectivity index (χ0v) is 10.6. The van der Waals surface area contributed by atoms with E-state index >= 15 is 0 Å². The van der Waals surface area contributed by atoms with Gasteiger partial charge in [0.1, 0.15) is 11.3 Å². The minimum Gasteiger partial charge on any atom is -0.496 e. The van der Waals surface area contributed by atoms with Crippen molar-refractivity contribution in [3.8, 4) is 16.9 Å². The lowest BCUT2D eigenvalue weighted by Gasteiger charge is -2.13. The van der Waals surface area contributed by atoms with Gasteiger partial charge in [-0.25, -0.2) is 22.4 Å². The first kappa shape index (κ1) is 14.8. The summed E-state index contributed by atoms with van der Waals surface area (Å²) in [6, 6.07) is 5.44. The van der Waals surface area contributed by atoms with Crippen molar-refractivity contribution in [3.63, 3.8) is 0 Å². The predicted octanol–water partition coefficient (Wildman–Crippen LogP) is 3.62. The summed E-state index contributed by atoms with van der Waals surface area (Å²) >= 11 is 0. The Morgan fingerprint density at radius 3 is 2.14 bits per heavy atom. The first-order chi connectivity index (χ1) is 9.90. The van der Waals surface area contributed by atoms with Crippen LogP contribution in [0.5, 0.6) is 5.75 Å². The van der Waals surface area contributed by atoms with Crippen LogP contribution >= 0.6 is 0 Å². The van der Waals surface area contributed by atoms with Crippen LogP contribution in [0.2, 0.25) is 0 Å². The van der Waals surface area contributed by atoms with E-state index in [1.165, 1.54) is 31.4 Å². The van der Waals surface area contributed by atoms with Crippen LogP contribution in [0.3, 0.4) is 0 Å². The molecule has 0 unspecified atom stereocenters. The molecule has 21 heavy (non-hydrogen) atoms. The number of hydrogen-bond acceptors (Lipinski definition) is 2. The summed E-state index contributed by atoms with van der Waals surface area (Å²) in [5.74, 6) is -9.96. The van der Waals surface area contributed by atoms with E-state index < -0.39 is 40.4 Å². The molecule has 0 fully saturated rings. The number of rotatable bonds is 3. The number of aromatic carboxylic acids is 1. The van der Waals surface area contributed by atoms with E-state index in [1.807, 2.05) is 0 Å². The predicted molar refractivity (Wildman–Crippen MR) is 65.2 cm³/mol. The molecule has 0 saturated heterocycles. The monoisotopic (exact) mass is 300 g/mol. The van der Waals surface area contributed by atoms with Crippen molar-refractivity contribution >= 4 is 5.97 Å². The number of ether oxygens (including phenoxy) is 1. The largest absolute Gasteiger partial charge is 0.496 e. The zero-order valence-electron chi connectivity index (χ0n) is 10.6. The second-order valence-electron chi connectivity index (χ2n) is 4.01. The fourth-order valence-corrected chi connectivity index (χ4v) is 1.94. The second kappa shape index (κ2) is 5.43. The number of carbonyl (C=O) groups is 1. The Labute approximate surface area is 116 Å². The molecule has 7 heteroatoms. The molecule has 0 heterocycles. The van der Waals surface area contributed by atoms with Crippen molar-refractivity contribution in [1.29, 1.82) is 0 Å². The quantitative estimate of drug-likeness (QED) is 0.535. The molecule has 0 aliphatic rings. The third-order valence-corrected chi connectivity index (χ3v) is 2.86. The van der Waals surface area contributed by atoms with Crippen molar-refractivity contribution in [3.05, 3.63) is 53.1 Å². The van der Waals surface area contributed by atoms with Gasteiger partial charge in [-0.3, -0.25) is 0 Å². The molecular weight excluding hydrogens is 292 g/mol. The van der Waals surface area contributed by atoms with E-state index in [0.717, 1.165) is 0 Å². The van der Waals surface area contributed by atoms with Gasteiger partial charge in [0.15, 0.2) is 23.3 Å². The molecule has 0 atom stereocenters. The molecule has 2 aromatic carbocycles. The number of hydrogen-bond donors (Lipinski definition) is 1. The highest BCUT2D eigenvalue weighted by Crippen LogP contribution is 2.37. The average Bonchev–Trinajstić information content (AvgIpc) is 2.48. The Balaban J connectivity index is 2.94. The van der Waals surface area contributed by atoms with Gasteiger partial charge in [0.05, 0.1) is 7.11 Å². The van der Waals surface area contributed by atoms with Crippen molar-refractivity contribution in [1.82, 2.24) is 0 Å². The lowest BCUT2D eigenvalue weighted by atomic mass is 9.97. The summed E-state index contributed by atoms with van der Waals surface area (Å²) in [5, 5.41) is 8.97. The zero-order chi connectivity index (χ0) is 15.7. The van der Waals surface area contributed by atoms with Crippen LogP contribution in [-0.4, -0.2) is 18.2 Å². The van der Waals surface area contributed by atoms with Gasteiger partial charge in [0.2, 0.25) is 0 Å². The Bertz CT molecular complexity index is 729. The first-order valence-electron chi connectivity index (χ1n) is 5.62. The fourth-order valence-electron chi connectivity index (χ4n) is 1.94. The van der Waals surface area contributed by atoms with Gasteiger partial charge in [-0.05, 0) is 6.07 Å². The second-order valence-corrected chi connectivity index (χ2v) is 4.01. The molecule has 0 radical (unpaired) electrons. The summed E-state index contributed by atoms with van der Waals surface area (Å²) in [7, 11) is 1.22. The number of carboxylic acid groups (broad SMARTS) is 1. The Hall–Kier alpha value is -2.57. The molecule has 110 valence electrons. The van der Waals surface area contributed by atoms with Crippen LogP contribution < -0.4 is 4.74 Å². The lowest BCUT2D eigenvalue weighted by Crippen LogP contribution is -2.11. The number of methoxy groups -OCH3 is 1. The topological polar surface area (TPSA) is 46.5 Å². The minimum absolute atomic E-state index is 0.00990. The van der Waals surface area contributed by atoms with Gasteiger partial charge >= 0.3 is 5.97 Å². The number of carboxylic acids is 1.